The van der Waals surface area contributed by atoms with Gasteiger partial charge in [-0.1, -0.05) is 34.5 Å². The molecule has 1 aromatic heterocycles. The average molecular weight is 485 g/mol. The number of carbonyl (C=O) groups excluding carboxylic acids is 2. The zero-order valence-corrected chi connectivity index (χ0v) is 18.8. The second kappa shape index (κ2) is 9.66. The number of furan rings is 1. The molecule has 1 N–H and O–H groups in total. The van der Waals surface area contributed by atoms with Gasteiger partial charge < -0.3 is 19.3 Å². The molecule has 0 bridgehead atoms. The van der Waals surface area contributed by atoms with Crippen molar-refractivity contribution in [3.8, 4) is 0 Å². The van der Waals surface area contributed by atoms with Gasteiger partial charge in [-0.05, 0) is 67.9 Å². The molecule has 7 heteroatoms. The molecule has 1 unspecified atom stereocenters. The summed E-state index contributed by atoms with van der Waals surface area (Å²) in [6, 6.07) is 10.3. The van der Waals surface area contributed by atoms with E-state index in [1.54, 1.807) is 23.1 Å². The molecule has 1 fully saturated rings. The maximum atomic E-state index is 13.1. The van der Waals surface area contributed by atoms with Gasteiger partial charge in [-0.2, -0.15) is 0 Å². The van der Waals surface area contributed by atoms with Crippen molar-refractivity contribution in [2.24, 2.45) is 0 Å². The van der Waals surface area contributed by atoms with Gasteiger partial charge in [-0.3, -0.25) is 9.59 Å². The normalized spacial score (nSPS) is 20.2. The number of amides is 1. The number of benzene rings is 1. The zero-order valence-electron chi connectivity index (χ0n) is 17.2. The Balaban J connectivity index is 1.62. The number of hydrogen-bond donors (Lipinski definition) is 1. The van der Waals surface area contributed by atoms with E-state index in [9.17, 15) is 14.7 Å². The standard InChI is InChI=1S/C24H25BrN2O4/c25-18-7-4-6-17(16-18)22-21(20(28)10-9-19-8-5-15-31-19)23(29)24(30)27(22)14-13-26-11-2-1-3-12-26/h4-10,15-16,22,29H,1-3,11-14H2/b10-9+. The molecule has 1 atom stereocenters. The predicted octanol–water partition coefficient (Wildman–Crippen LogP) is 4.51. The van der Waals surface area contributed by atoms with Crippen molar-refractivity contribution in [3.05, 3.63) is 75.9 Å². The number of piperidine rings is 1. The Kier molecular flexibility index (Phi) is 6.73. The van der Waals surface area contributed by atoms with Crippen molar-refractivity contribution in [1.29, 1.82) is 0 Å². The monoisotopic (exact) mass is 484 g/mol. The first-order valence-electron chi connectivity index (χ1n) is 10.5. The third-order valence-corrected chi connectivity index (χ3v) is 6.27. The first-order chi connectivity index (χ1) is 15.0. The second-order valence-corrected chi connectivity index (χ2v) is 8.75. The SMILES string of the molecule is O=C(/C=C/c1ccco1)C1=C(O)C(=O)N(CCN2CCCCC2)C1c1cccc(Br)c1. The van der Waals surface area contributed by atoms with Crippen molar-refractivity contribution < 1.29 is 19.1 Å². The van der Waals surface area contributed by atoms with Crippen LogP contribution in [-0.4, -0.2) is 52.8 Å². The van der Waals surface area contributed by atoms with E-state index in [0.29, 0.717) is 18.8 Å². The van der Waals surface area contributed by atoms with Crippen LogP contribution in [-0.2, 0) is 9.59 Å². The maximum absolute atomic E-state index is 13.1. The van der Waals surface area contributed by atoms with Crippen LogP contribution in [0.4, 0.5) is 0 Å². The van der Waals surface area contributed by atoms with Gasteiger partial charge in [0, 0.05) is 17.6 Å². The lowest BCUT2D eigenvalue weighted by Crippen LogP contribution is -2.40. The quantitative estimate of drug-likeness (QED) is 0.585. The van der Waals surface area contributed by atoms with E-state index >= 15 is 0 Å². The van der Waals surface area contributed by atoms with Crippen LogP contribution in [0.15, 0.2) is 69.0 Å². The molecule has 0 radical (unpaired) electrons. The maximum Gasteiger partial charge on any atom is 0.290 e. The van der Waals surface area contributed by atoms with Crippen LogP contribution >= 0.6 is 15.9 Å². The highest BCUT2D eigenvalue weighted by atomic mass is 79.9. The van der Waals surface area contributed by atoms with Crippen molar-refractivity contribution in [2.45, 2.75) is 25.3 Å². The van der Waals surface area contributed by atoms with Crippen LogP contribution in [0.1, 0.15) is 36.6 Å². The molecule has 0 aliphatic carbocycles. The molecule has 6 nitrogen and oxygen atoms in total. The van der Waals surface area contributed by atoms with Crippen molar-refractivity contribution in [2.75, 3.05) is 26.2 Å². The minimum atomic E-state index is -0.636. The number of ketones is 1. The van der Waals surface area contributed by atoms with Crippen LogP contribution in [0.3, 0.4) is 0 Å². The minimum Gasteiger partial charge on any atom is -0.503 e. The summed E-state index contributed by atoms with van der Waals surface area (Å²) in [6.45, 7) is 3.19. The van der Waals surface area contributed by atoms with E-state index in [4.69, 9.17) is 4.42 Å². The fourth-order valence-corrected chi connectivity index (χ4v) is 4.64. The number of allylic oxidation sites excluding steroid dienone is 1. The van der Waals surface area contributed by atoms with Crippen LogP contribution in [0.25, 0.3) is 6.08 Å². The number of likely N-dealkylation sites (tertiary alicyclic amines) is 1. The summed E-state index contributed by atoms with van der Waals surface area (Å²) in [6.07, 6.45) is 7.97. The summed E-state index contributed by atoms with van der Waals surface area (Å²) in [7, 11) is 0. The third-order valence-electron chi connectivity index (χ3n) is 5.78. The van der Waals surface area contributed by atoms with Gasteiger partial charge in [0.1, 0.15) is 5.76 Å². The first-order valence-corrected chi connectivity index (χ1v) is 11.3. The number of nitrogens with zero attached hydrogens (tertiary/aromatic N) is 2. The number of aliphatic hydroxyl groups is 1. The number of carbonyl (C=O) groups is 2. The lowest BCUT2D eigenvalue weighted by molar-refractivity contribution is -0.129. The van der Waals surface area contributed by atoms with Gasteiger partial charge in [0.2, 0.25) is 0 Å². The first kappa shape index (κ1) is 21.6. The number of aliphatic hydroxyl groups excluding tert-OH is 1. The van der Waals surface area contributed by atoms with Crippen LogP contribution in [0, 0.1) is 0 Å². The van der Waals surface area contributed by atoms with E-state index in [1.165, 1.54) is 18.8 Å². The van der Waals surface area contributed by atoms with E-state index in [1.807, 2.05) is 24.3 Å². The second-order valence-electron chi connectivity index (χ2n) is 7.83. The Morgan fingerprint density at radius 2 is 1.97 bits per heavy atom. The lowest BCUT2D eigenvalue weighted by Gasteiger charge is -2.31. The highest BCUT2D eigenvalue weighted by Gasteiger charge is 2.42. The van der Waals surface area contributed by atoms with E-state index in [2.05, 4.69) is 20.8 Å². The van der Waals surface area contributed by atoms with Gasteiger partial charge in [0.05, 0.1) is 17.9 Å². The Morgan fingerprint density at radius 1 is 1.16 bits per heavy atom. The van der Waals surface area contributed by atoms with Crippen LogP contribution < -0.4 is 0 Å². The van der Waals surface area contributed by atoms with Crippen molar-refractivity contribution in [1.82, 2.24) is 9.80 Å². The Hall–Kier alpha value is -2.64. The van der Waals surface area contributed by atoms with E-state index < -0.39 is 23.5 Å². The summed E-state index contributed by atoms with van der Waals surface area (Å²) in [5.41, 5.74) is 0.879. The van der Waals surface area contributed by atoms with Gasteiger partial charge in [0.15, 0.2) is 11.5 Å². The van der Waals surface area contributed by atoms with Gasteiger partial charge >= 0.3 is 0 Å². The molecule has 3 heterocycles. The molecule has 1 saturated heterocycles. The number of hydrogen-bond acceptors (Lipinski definition) is 5. The molecule has 1 amide bonds. The number of halogens is 1. The smallest absolute Gasteiger partial charge is 0.290 e. The number of rotatable bonds is 7. The highest BCUT2D eigenvalue weighted by molar-refractivity contribution is 9.10. The summed E-state index contributed by atoms with van der Waals surface area (Å²) in [4.78, 5) is 30.0. The Labute approximate surface area is 190 Å². The largest absolute Gasteiger partial charge is 0.503 e. The topological polar surface area (TPSA) is 74.0 Å². The van der Waals surface area contributed by atoms with E-state index in [0.717, 1.165) is 36.0 Å². The molecule has 2 aliphatic heterocycles. The molecule has 162 valence electrons. The molecular formula is C24H25BrN2O4. The minimum absolute atomic E-state index is 0.101. The molecule has 2 aromatic rings. The van der Waals surface area contributed by atoms with Gasteiger partial charge in [-0.25, -0.2) is 0 Å². The molecule has 4 rings (SSSR count). The lowest BCUT2D eigenvalue weighted by atomic mass is 9.96. The molecule has 2 aliphatic rings. The molecule has 31 heavy (non-hydrogen) atoms. The molecule has 0 saturated carbocycles. The molecule has 1 aromatic carbocycles. The Morgan fingerprint density at radius 3 is 2.68 bits per heavy atom. The van der Waals surface area contributed by atoms with Gasteiger partial charge in [0.25, 0.3) is 5.91 Å². The third kappa shape index (κ3) is 4.83. The zero-order chi connectivity index (χ0) is 21.8. The highest BCUT2D eigenvalue weighted by Crippen LogP contribution is 2.38. The average Bonchev–Trinajstić information content (AvgIpc) is 3.38. The summed E-state index contributed by atoms with van der Waals surface area (Å²) in [5.74, 6) is -0.860. The predicted molar refractivity (Wildman–Crippen MR) is 121 cm³/mol. The van der Waals surface area contributed by atoms with Gasteiger partial charge in [-0.15, -0.1) is 0 Å². The van der Waals surface area contributed by atoms with Crippen LogP contribution in [0.5, 0.6) is 0 Å². The molecule has 0 spiro atoms. The summed E-state index contributed by atoms with van der Waals surface area (Å²) >= 11 is 3.47. The fraction of sp³-hybridized carbons (Fsp3) is 0.333. The van der Waals surface area contributed by atoms with E-state index in [-0.39, 0.29) is 5.57 Å². The molecular weight excluding hydrogens is 460 g/mol. The summed E-state index contributed by atoms with van der Waals surface area (Å²) in [5, 5.41) is 10.7. The van der Waals surface area contributed by atoms with Crippen molar-refractivity contribution in [3.63, 3.8) is 0 Å². The summed E-state index contributed by atoms with van der Waals surface area (Å²) < 4.78 is 6.09. The Bertz CT molecular complexity index is 1010. The fourth-order valence-electron chi connectivity index (χ4n) is 4.23. The van der Waals surface area contributed by atoms with Crippen molar-refractivity contribution >= 4 is 33.7 Å². The van der Waals surface area contributed by atoms with Crippen LogP contribution in [0.2, 0.25) is 0 Å².